The van der Waals surface area contributed by atoms with Crippen LogP contribution in [-0.4, -0.2) is 44.8 Å². The van der Waals surface area contributed by atoms with E-state index in [1.165, 1.54) is 12.1 Å². The van der Waals surface area contributed by atoms with Crippen LogP contribution in [-0.2, 0) is 11.3 Å². The Morgan fingerprint density at radius 3 is 2.63 bits per heavy atom. The highest BCUT2D eigenvalue weighted by molar-refractivity contribution is 5.38. The van der Waals surface area contributed by atoms with Gasteiger partial charge in [0.2, 0.25) is 0 Å². The summed E-state index contributed by atoms with van der Waals surface area (Å²) in [5.41, 5.74) is 1.12. The first-order valence-corrected chi connectivity index (χ1v) is 9.06. The zero-order valence-corrected chi connectivity index (χ0v) is 15.8. The van der Waals surface area contributed by atoms with E-state index in [4.69, 9.17) is 15.3 Å². The van der Waals surface area contributed by atoms with Crippen molar-refractivity contribution in [1.82, 2.24) is 15.5 Å². The van der Waals surface area contributed by atoms with E-state index in [0.717, 1.165) is 31.5 Å². The van der Waals surface area contributed by atoms with E-state index in [-0.39, 0.29) is 17.5 Å². The van der Waals surface area contributed by atoms with Gasteiger partial charge in [-0.2, -0.15) is 10.5 Å². The normalized spacial score (nSPS) is 19.0. The Morgan fingerprint density at radius 2 is 2.00 bits per heavy atom. The van der Waals surface area contributed by atoms with Crippen LogP contribution in [0.5, 0.6) is 0 Å². The summed E-state index contributed by atoms with van der Waals surface area (Å²) in [6.45, 7) is 2.96. The second-order valence-electron chi connectivity index (χ2n) is 6.81. The second kappa shape index (κ2) is 10.5. The van der Waals surface area contributed by atoms with Crippen molar-refractivity contribution in [1.29, 1.82) is 10.5 Å². The first-order chi connectivity index (χ1) is 13.0. The third-order valence-electron chi connectivity index (χ3n) is 4.64. The fourth-order valence-corrected chi connectivity index (χ4v) is 3.33. The van der Waals surface area contributed by atoms with Crippen LogP contribution < -0.4 is 10.6 Å². The number of hydrogen-bond donors (Lipinski definition) is 2. The predicted octanol–water partition coefficient (Wildman–Crippen LogP) is 2.12. The molecule has 1 aromatic rings. The Labute approximate surface area is 160 Å². The van der Waals surface area contributed by atoms with Gasteiger partial charge < -0.3 is 20.3 Å². The summed E-state index contributed by atoms with van der Waals surface area (Å²) in [7, 11) is 3.74. The molecule has 0 aliphatic carbocycles. The standard InChI is InChI=1S/C20H26FN5O/c1-24-20(17(10-22)11-23)25-12-19-9-16(7-8-27-19)14-26(2)13-15-3-5-18(21)6-4-15/h3-6,16,19,24-25H,7-9,12-14H2,1-2H3. The fraction of sp³-hybridized carbons (Fsp3) is 0.500. The number of benzene rings is 1. The molecule has 2 rings (SSSR count). The van der Waals surface area contributed by atoms with Gasteiger partial charge in [-0.25, -0.2) is 4.39 Å². The van der Waals surface area contributed by atoms with Crippen molar-refractivity contribution in [3.8, 4) is 12.1 Å². The van der Waals surface area contributed by atoms with E-state index in [1.54, 1.807) is 7.05 Å². The molecule has 7 heteroatoms. The molecule has 1 saturated heterocycles. The van der Waals surface area contributed by atoms with Gasteiger partial charge in [-0.3, -0.25) is 0 Å². The minimum Gasteiger partial charge on any atom is -0.376 e. The molecule has 2 unspecified atom stereocenters. The van der Waals surface area contributed by atoms with Crippen molar-refractivity contribution in [2.45, 2.75) is 25.5 Å². The van der Waals surface area contributed by atoms with Crippen molar-refractivity contribution in [2.24, 2.45) is 5.92 Å². The average molecular weight is 371 g/mol. The molecule has 0 saturated carbocycles. The predicted molar refractivity (Wildman–Crippen MR) is 101 cm³/mol. The maximum absolute atomic E-state index is 13.0. The van der Waals surface area contributed by atoms with E-state index < -0.39 is 0 Å². The molecular formula is C20H26FN5O. The molecule has 0 aromatic heterocycles. The summed E-state index contributed by atoms with van der Waals surface area (Å²) < 4.78 is 18.8. The fourth-order valence-electron chi connectivity index (χ4n) is 3.33. The Kier molecular flexibility index (Phi) is 8.06. The Bertz CT molecular complexity index is 703. The number of allylic oxidation sites excluding steroid dienone is 1. The molecule has 2 N–H and O–H groups in total. The van der Waals surface area contributed by atoms with Crippen molar-refractivity contribution >= 4 is 0 Å². The quantitative estimate of drug-likeness (QED) is 0.681. The molecule has 1 aliphatic heterocycles. The number of nitrogens with one attached hydrogen (secondary N) is 2. The van der Waals surface area contributed by atoms with Gasteiger partial charge in [0.15, 0.2) is 5.57 Å². The minimum atomic E-state index is -0.216. The maximum Gasteiger partial charge on any atom is 0.169 e. The largest absolute Gasteiger partial charge is 0.376 e. The first kappa shape index (κ1) is 20.7. The van der Waals surface area contributed by atoms with E-state index in [1.807, 2.05) is 24.3 Å². The molecule has 2 atom stereocenters. The first-order valence-electron chi connectivity index (χ1n) is 9.06. The van der Waals surface area contributed by atoms with Crippen LogP contribution in [0.15, 0.2) is 35.7 Å². The third-order valence-corrected chi connectivity index (χ3v) is 4.64. The van der Waals surface area contributed by atoms with Crippen LogP contribution in [0.1, 0.15) is 18.4 Å². The lowest BCUT2D eigenvalue weighted by Gasteiger charge is -2.32. The third kappa shape index (κ3) is 6.56. The summed E-state index contributed by atoms with van der Waals surface area (Å²) in [6.07, 6.45) is 1.94. The lowest BCUT2D eigenvalue weighted by atomic mass is 9.94. The monoisotopic (exact) mass is 371 g/mol. The summed E-state index contributed by atoms with van der Waals surface area (Å²) in [4.78, 5) is 2.25. The topological polar surface area (TPSA) is 84.1 Å². The maximum atomic E-state index is 13.0. The number of nitrogens with zero attached hydrogens (tertiary/aromatic N) is 3. The summed E-state index contributed by atoms with van der Waals surface area (Å²) in [6, 6.07) is 10.4. The molecule has 1 aliphatic rings. The van der Waals surface area contributed by atoms with Crippen LogP contribution in [0, 0.1) is 34.4 Å². The van der Waals surface area contributed by atoms with Gasteiger partial charge in [0.1, 0.15) is 23.8 Å². The number of rotatable bonds is 8. The van der Waals surface area contributed by atoms with Crippen LogP contribution >= 0.6 is 0 Å². The molecule has 1 heterocycles. The van der Waals surface area contributed by atoms with Gasteiger partial charge in [-0.1, -0.05) is 12.1 Å². The minimum absolute atomic E-state index is 0.0314. The van der Waals surface area contributed by atoms with Crippen LogP contribution in [0.3, 0.4) is 0 Å². The van der Waals surface area contributed by atoms with Crippen molar-refractivity contribution in [2.75, 3.05) is 33.8 Å². The van der Waals surface area contributed by atoms with Gasteiger partial charge in [0.25, 0.3) is 0 Å². The van der Waals surface area contributed by atoms with Gasteiger partial charge in [-0.05, 0) is 43.5 Å². The van der Waals surface area contributed by atoms with Gasteiger partial charge >= 0.3 is 0 Å². The Hall–Kier alpha value is -2.61. The molecule has 0 bridgehead atoms. The zero-order chi connectivity index (χ0) is 19.6. The van der Waals surface area contributed by atoms with Crippen molar-refractivity contribution in [3.05, 3.63) is 47.0 Å². The lowest BCUT2D eigenvalue weighted by molar-refractivity contribution is -0.0130. The molecule has 27 heavy (non-hydrogen) atoms. The highest BCUT2D eigenvalue weighted by Crippen LogP contribution is 2.21. The summed E-state index contributed by atoms with van der Waals surface area (Å²) in [5.74, 6) is 0.718. The SMILES string of the molecule is CNC(NCC1CC(CN(C)Cc2ccc(F)cc2)CCO1)=C(C#N)C#N. The highest BCUT2D eigenvalue weighted by atomic mass is 19.1. The zero-order valence-electron chi connectivity index (χ0n) is 15.8. The summed E-state index contributed by atoms with van der Waals surface area (Å²) in [5, 5.41) is 23.9. The molecule has 1 aromatic carbocycles. The van der Waals surface area contributed by atoms with Crippen molar-refractivity contribution < 1.29 is 9.13 Å². The smallest absolute Gasteiger partial charge is 0.169 e. The van der Waals surface area contributed by atoms with E-state index in [0.29, 0.717) is 24.9 Å². The molecule has 6 nitrogen and oxygen atoms in total. The van der Waals surface area contributed by atoms with Gasteiger partial charge in [-0.15, -0.1) is 0 Å². The molecule has 0 spiro atoms. The van der Waals surface area contributed by atoms with E-state index in [9.17, 15) is 4.39 Å². The van der Waals surface area contributed by atoms with E-state index >= 15 is 0 Å². The second-order valence-corrected chi connectivity index (χ2v) is 6.81. The van der Waals surface area contributed by atoms with Crippen LogP contribution in [0.2, 0.25) is 0 Å². The van der Waals surface area contributed by atoms with Gasteiger partial charge in [0.05, 0.1) is 6.10 Å². The lowest BCUT2D eigenvalue weighted by Crippen LogP contribution is -2.39. The molecule has 1 fully saturated rings. The number of nitriles is 2. The van der Waals surface area contributed by atoms with Crippen LogP contribution in [0.25, 0.3) is 0 Å². The molecule has 0 radical (unpaired) electrons. The number of ether oxygens (including phenoxy) is 1. The highest BCUT2D eigenvalue weighted by Gasteiger charge is 2.24. The molecule has 144 valence electrons. The summed E-state index contributed by atoms with van der Waals surface area (Å²) >= 11 is 0. The molecule has 0 amide bonds. The Morgan fingerprint density at radius 1 is 1.30 bits per heavy atom. The number of hydrogen-bond acceptors (Lipinski definition) is 6. The van der Waals surface area contributed by atoms with Crippen molar-refractivity contribution in [3.63, 3.8) is 0 Å². The molecular weight excluding hydrogens is 345 g/mol. The number of halogens is 1. The average Bonchev–Trinajstić information content (AvgIpc) is 2.67. The van der Waals surface area contributed by atoms with E-state index in [2.05, 4.69) is 22.6 Å². The van der Waals surface area contributed by atoms with Gasteiger partial charge in [0, 0.05) is 33.3 Å². The Balaban J connectivity index is 1.83. The van der Waals surface area contributed by atoms with Crippen LogP contribution in [0.4, 0.5) is 4.39 Å².